The van der Waals surface area contributed by atoms with Crippen LogP contribution in [-0.4, -0.2) is 15.6 Å². The number of para-hydroxylation sites is 1. The van der Waals surface area contributed by atoms with E-state index in [4.69, 9.17) is 11.6 Å². The van der Waals surface area contributed by atoms with Crippen molar-refractivity contribution in [2.24, 2.45) is 7.05 Å². The van der Waals surface area contributed by atoms with Crippen molar-refractivity contribution in [3.8, 4) is 0 Å². The van der Waals surface area contributed by atoms with Gasteiger partial charge in [-0.05, 0) is 30.7 Å². The average molecular weight is 299 g/mol. The van der Waals surface area contributed by atoms with Gasteiger partial charge in [-0.2, -0.15) is 5.10 Å². The first-order valence-corrected chi connectivity index (χ1v) is 7.14. The average Bonchev–Trinajstić information content (AvgIpc) is 2.76. The summed E-state index contributed by atoms with van der Waals surface area (Å²) in [5, 5.41) is 5.97. The van der Waals surface area contributed by atoms with Gasteiger partial charge in [-0.3, -0.25) is 9.48 Å². The fourth-order valence-electron chi connectivity index (χ4n) is 2.51. The lowest BCUT2D eigenvalue weighted by Gasteiger charge is -2.03. The Morgan fingerprint density at radius 1 is 1.24 bits per heavy atom. The van der Waals surface area contributed by atoms with E-state index < -0.39 is 0 Å². The predicted molar refractivity (Wildman–Crippen MR) is 84.9 cm³/mol. The lowest BCUT2D eigenvalue weighted by Crippen LogP contribution is -2.06. The number of benzene rings is 2. The maximum Gasteiger partial charge on any atom is 0.170 e. The Balaban J connectivity index is 1.97. The lowest BCUT2D eigenvalue weighted by molar-refractivity contribution is 0.0992. The van der Waals surface area contributed by atoms with Gasteiger partial charge in [0.2, 0.25) is 0 Å². The number of aryl methyl sites for hydroxylation is 2. The molecule has 4 heteroatoms. The molecule has 0 aliphatic carbocycles. The van der Waals surface area contributed by atoms with Gasteiger partial charge < -0.3 is 0 Å². The molecule has 2 aromatic carbocycles. The number of carbonyl (C=O) groups is 1. The summed E-state index contributed by atoms with van der Waals surface area (Å²) >= 11 is 6.17. The molecule has 0 amide bonds. The number of hydrogen-bond donors (Lipinski definition) is 0. The molecule has 0 N–H and O–H groups in total. The van der Waals surface area contributed by atoms with Crippen LogP contribution in [0, 0.1) is 6.92 Å². The zero-order chi connectivity index (χ0) is 15.0. The molecule has 0 aliphatic rings. The molecule has 1 aromatic heterocycles. The summed E-state index contributed by atoms with van der Waals surface area (Å²) < 4.78 is 1.80. The summed E-state index contributed by atoms with van der Waals surface area (Å²) in [6.07, 6.45) is 0.254. The minimum absolute atomic E-state index is 0.0103. The van der Waals surface area contributed by atoms with Crippen LogP contribution in [0.4, 0.5) is 0 Å². The Labute approximate surface area is 128 Å². The van der Waals surface area contributed by atoms with Crippen LogP contribution in [0.3, 0.4) is 0 Å². The van der Waals surface area contributed by atoms with Crippen LogP contribution in [0.15, 0.2) is 42.5 Å². The number of hydrogen-bond acceptors (Lipinski definition) is 2. The molecule has 0 aliphatic heterocycles. The van der Waals surface area contributed by atoms with Crippen LogP contribution >= 0.6 is 11.6 Å². The molecule has 0 saturated carbocycles. The SMILES string of the molecule is Cc1ccc(C(=O)Cc2nn(C)c3ccccc23)c(Cl)c1. The van der Waals surface area contributed by atoms with E-state index in [-0.39, 0.29) is 12.2 Å². The Hall–Kier alpha value is -2.13. The monoisotopic (exact) mass is 298 g/mol. The Morgan fingerprint density at radius 2 is 2.00 bits per heavy atom. The van der Waals surface area contributed by atoms with Crippen molar-refractivity contribution in [1.82, 2.24) is 9.78 Å². The summed E-state index contributed by atoms with van der Waals surface area (Å²) in [6, 6.07) is 13.4. The molecule has 1 heterocycles. The number of aromatic nitrogens is 2. The predicted octanol–water partition coefficient (Wildman–Crippen LogP) is 3.96. The van der Waals surface area contributed by atoms with E-state index in [0.29, 0.717) is 10.6 Å². The highest BCUT2D eigenvalue weighted by Gasteiger charge is 2.15. The molecule has 0 saturated heterocycles. The third-order valence-electron chi connectivity index (χ3n) is 3.59. The molecule has 3 rings (SSSR count). The quantitative estimate of drug-likeness (QED) is 0.686. The standard InChI is InChI=1S/C17H15ClN2O/c1-11-7-8-12(14(18)9-11)17(21)10-15-13-5-3-4-6-16(13)20(2)19-15/h3-9H,10H2,1-2H3. The molecule has 3 nitrogen and oxygen atoms in total. The van der Waals surface area contributed by atoms with Gasteiger partial charge in [-0.25, -0.2) is 0 Å². The summed E-state index contributed by atoms with van der Waals surface area (Å²) in [4.78, 5) is 12.5. The highest BCUT2D eigenvalue weighted by molar-refractivity contribution is 6.34. The minimum atomic E-state index is -0.0103. The third kappa shape index (κ3) is 2.57. The number of rotatable bonds is 3. The fourth-order valence-corrected chi connectivity index (χ4v) is 2.85. The van der Waals surface area contributed by atoms with Crippen LogP contribution < -0.4 is 0 Å². The number of fused-ring (bicyclic) bond motifs is 1. The van der Waals surface area contributed by atoms with Gasteiger partial charge in [-0.15, -0.1) is 0 Å². The molecule has 0 bridgehead atoms. The summed E-state index contributed by atoms with van der Waals surface area (Å²) in [6.45, 7) is 1.95. The summed E-state index contributed by atoms with van der Waals surface area (Å²) in [7, 11) is 1.88. The van der Waals surface area contributed by atoms with Crippen LogP contribution in [0.1, 0.15) is 21.6 Å². The molecule has 21 heavy (non-hydrogen) atoms. The first kappa shape index (κ1) is 13.8. The van der Waals surface area contributed by atoms with Gasteiger partial charge in [0, 0.05) is 18.0 Å². The van der Waals surface area contributed by atoms with E-state index in [9.17, 15) is 4.79 Å². The van der Waals surface area contributed by atoms with Gasteiger partial charge in [0.15, 0.2) is 5.78 Å². The van der Waals surface area contributed by atoms with E-state index in [1.807, 2.05) is 50.4 Å². The Bertz CT molecular complexity index is 836. The Morgan fingerprint density at radius 3 is 2.76 bits per heavy atom. The maximum atomic E-state index is 12.5. The fraction of sp³-hybridized carbons (Fsp3) is 0.176. The molecule has 0 radical (unpaired) electrons. The van der Waals surface area contributed by atoms with E-state index in [1.54, 1.807) is 10.7 Å². The number of halogens is 1. The summed E-state index contributed by atoms with van der Waals surface area (Å²) in [5.74, 6) is -0.0103. The van der Waals surface area contributed by atoms with E-state index in [0.717, 1.165) is 22.2 Å². The van der Waals surface area contributed by atoms with Gasteiger partial charge in [0.25, 0.3) is 0 Å². The maximum absolute atomic E-state index is 12.5. The van der Waals surface area contributed by atoms with E-state index in [2.05, 4.69) is 5.10 Å². The van der Waals surface area contributed by atoms with Crippen molar-refractivity contribution in [3.63, 3.8) is 0 Å². The molecule has 0 spiro atoms. The number of ketones is 1. The van der Waals surface area contributed by atoms with Crippen molar-refractivity contribution in [2.45, 2.75) is 13.3 Å². The molecular weight excluding hydrogens is 284 g/mol. The summed E-state index contributed by atoms with van der Waals surface area (Å²) in [5.41, 5.74) is 3.40. The van der Waals surface area contributed by atoms with Gasteiger partial charge in [0.1, 0.15) is 0 Å². The van der Waals surface area contributed by atoms with E-state index in [1.165, 1.54) is 0 Å². The van der Waals surface area contributed by atoms with Crippen LogP contribution in [0.25, 0.3) is 10.9 Å². The topological polar surface area (TPSA) is 34.9 Å². The largest absolute Gasteiger partial charge is 0.294 e. The lowest BCUT2D eigenvalue weighted by atomic mass is 10.0. The van der Waals surface area contributed by atoms with Crippen LogP contribution in [-0.2, 0) is 13.5 Å². The number of Topliss-reactive ketones (excluding diaryl/α,β-unsaturated/α-hetero) is 1. The first-order valence-electron chi connectivity index (χ1n) is 6.76. The zero-order valence-corrected chi connectivity index (χ0v) is 12.7. The van der Waals surface area contributed by atoms with Gasteiger partial charge in [-0.1, -0.05) is 35.9 Å². The molecule has 0 unspecified atom stereocenters. The first-order chi connectivity index (χ1) is 10.1. The second-order valence-electron chi connectivity index (χ2n) is 5.17. The van der Waals surface area contributed by atoms with E-state index >= 15 is 0 Å². The highest BCUT2D eigenvalue weighted by atomic mass is 35.5. The van der Waals surface area contributed by atoms with Crippen molar-refractivity contribution in [3.05, 3.63) is 64.3 Å². The van der Waals surface area contributed by atoms with Crippen LogP contribution in [0.5, 0.6) is 0 Å². The van der Waals surface area contributed by atoms with Crippen molar-refractivity contribution >= 4 is 28.3 Å². The minimum Gasteiger partial charge on any atom is -0.294 e. The third-order valence-corrected chi connectivity index (χ3v) is 3.90. The second-order valence-corrected chi connectivity index (χ2v) is 5.58. The molecule has 106 valence electrons. The van der Waals surface area contributed by atoms with Gasteiger partial charge >= 0.3 is 0 Å². The zero-order valence-electron chi connectivity index (χ0n) is 11.9. The molecular formula is C17H15ClN2O. The van der Waals surface area contributed by atoms with Gasteiger partial charge in [0.05, 0.1) is 22.7 Å². The van der Waals surface area contributed by atoms with Crippen molar-refractivity contribution in [1.29, 1.82) is 0 Å². The molecule has 0 fully saturated rings. The van der Waals surface area contributed by atoms with Crippen molar-refractivity contribution < 1.29 is 4.79 Å². The number of carbonyl (C=O) groups excluding carboxylic acids is 1. The Kier molecular flexibility index (Phi) is 3.52. The normalized spacial score (nSPS) is 11.0. The molecule has 0 atom stereocenters. The number of nitrogens with zero attached hydrogens (tertiary/aromatic N) is 2. The smallest absolute Gasteiger partial charge is 0.170 e. The van der Waals surface area contributed by atoms with Crippen molar-refractivity contribution in [2.75, 3.05) is 0 Å². The highest BCUT2D eigenvalue weighted by Crippen LogP contribution is 2.22. The van der Waals surface area contributed by atoms with Crippen LogP contribution in [0.2, 0.25) is 5.02 Å². The second kappa shape index (κ2) is 5.34. The molecule has 3 aromatic rings.